The third-order valence-corrected chi connectivity index (χ3v) is 5.55. The van der Waals surface area contributed by atoms with Crippen LogP contribution in [0.2, 0.25) is 0 Å². The monoisotopic (exact) mass is 448 g/mol. The number of amides is 1. The quantitative estimate of drug-likeness (QED) is 0.476. The van der Waals surface area contributed by atoms with Crippen LogP contribution in [0, 0.1) is 6.92 Å². The molecule has 0 aromatic heterocycles. The van der Waals surface area contributed by atoms with E-state index in [1.54, 1.807) is 18.0 Å². The van der Waals surface area contributed by atoms with E-state index in [2.05, 4.69) is 24.0 Å². The lowest BCUT2D eigenvalue weighted by Gasteiger charge is -2.21. The molecule has 3 aromatic carbocycles. The maximum absolute atomic E-state index is 12.3. The Balaban J connectivity index is 0.000000405. The van der Waals surface area contributed by atoms with Crippen LogP contribution in [0.4, 0.5) is 4.79 Å². The Morgan fingerprint density at radius 1 is 0.939 bits per heavy atom. The van der Waals surface area contributed by atoms with E-state index in [0.717, 1.165) is 24.0 Å². The number of phenols is 1. The highest BCUT2D eigenvalue weighted by atomic mass is 16.6. The number of hydrogen-bond acceptors (Lipinski definition) is 4. The second-order valence-corrected chi connectivity index (χ2v) is 8.38. The Morgan fingerprint density at radius 3 is 2.21 bits per heavy atom. The molecule has 0 unspecified atom stereocenters. The summed E-state index contributed by atoms with van der Waals surface area (Å²) in [7, 11) is 5.84. The number of carbonyl (C=O) groups excluding carboxylic acids is 1. The summed E-state index contributed by atoms with van der Waals surface area (Å²) in [6.45, 7) is 4.66. The van der Waals surface area contributed by atoms with Crippen molar-refractivity contribution in [1.82, 2.24) is 9.80 Å². The first kappa shape index (κ1) is 25.9. The molecule has 1 amide bonds. The van der Waals surface area contributed by atoms with Gasteiger partial charge < -0.3 is 19.6 Å². The van der Waals surface area contributed by atoms with Crippen molar-refractivity contribution in [2.45, 2.75) is 32.7 Å². The average molecular weight is 449 g/mol. The van der Waals surface area contributed by atoms with Gasteiger partial charge in [0.2, 0.25) is 0 Å². The van der Waals surface area contributed by atoms with Crippen molar-refractivity contribution in [3.8, 4) is 11.5 Å². The standard InChI is InChI=1S/C21H28N2O2.C7H8O/c1-17(22(2)3)19-13-8-14-20(16-19)25-21(24)23(4)15-9-12-18-10-6-5-7-11-18;1-6-4-2-3-5-7(6)8/h5-8,10-11,13-14,16-17H,9,12,15H2,1-4H3;2-5,8H,1H3/t17-;/m0./s1. The normalized spacial score (nSPS) is 11.3. The summed E-state index contributed by atoms with van der Waals surface area (Å²) in [5.41, 5.74) is 3.34. The molecule has 176 valence electrons. The van der Waals surface area contributed by atoms with Crippen LogP contribution in [0.25, 0.3) is 0 Å². The molecule has 0 saturated heterocycles. The summed E-state index contributed by atoms with van der Waals surface area (Å²) in [5.74, 6) is 0.957. The second-order valence-electron chi connectivity index (χ2n) is 8.38. The number of ether oxygens (including phenoxy) is 1. The van der Waals surface area contributed by atoms with Crippen LogP contribution in [0.3, 0.4) is 0 Å². The van der Waals surface area contributed by atoms with Gasteiger partial charge in [-0.3, -0.25) is 0 Å². The first-order chi connectivity index (χ1) is 15.8. The van der Waals surface area contributed by atoms with Crippen molar-refractivity contribution in [3.05, 3.63) is 95.6 Å². The van der Waals surface area contributed by atoms with E-state index >= 15 is 0 Å². The van der Waals surface area contributed by atoms with Crippen LogP contribution in [0.15, 0.2) is 78.9 Å². The van der Waals surface area contributed by atoms with Crippen LogP contribution in [-0.4, -0.2) is 48.7 Å². The van der Waals surface area contributed by atoms with E-state index in [1.807, 2.05) is 81.7 Å². The Hall–Kier alpha value is -3.31. The van der Waals surface area contributed by atoms with Crippen molar-refractivity contribution in [1.29, 1.82) is 0 Å². The maximum Gasteiger partial charge on any atom is 0.414 e. The molecule has 0 heterocycles. The molecule has 0 fully saturated rings. The third-order valence-electron chi connectivity index (χ3n) is 5.55. The van der Waals surface area contributed by atoms with Gasteiger partial charge in [-0.1, -0.05) is 60.7 Å². The van der Waals surface area contributed by atoms with Gasteiger partial charge in [-0.2, -0.15) is 0 Å². The number of para-hydroxylation sites is 1. The number of benzene rings is 3. The predicted octanol–water partition coefficient (Wildman–Crippen LogP) is 6.07. The number of aryl methyl sites for hydroxylation is 2. The van der Waals surface area contributed by atoms with Gasteiger partial charge in [-0.05, 0) is 75.7 Å². The van der Waals surface area contributed by atoms with Crippen molar-refractivity contribution >= 4 is 6.09 Å². The largest absolute Gasteiger partial charge is 0.508 e. The highest BCUT2D eigenvalue weighted by Gasteiger charge is 2.13. The first-order valence-electron chi connectivity index (χ1n) is 11.3. The average Bonchev–Trinajstić information content (AvgIpc) is 2.81. The molecule has 3 rings (SSSR count). The molecule has 3 aromatic rings. The van der Waals surface area contributed by atoms with Gasteiger partial charge in [0, 0.05) is 19.6 Å². The minimum absolute atomic E-state index is 0.266. The molecule has 0 aliphatic rings. The zero-order chi connectivity index (χ0) is 24.2. The van der Waals surface area contributed by atoms with Gasteiger partial charge in [0.15, 0.2) is 0 Å². The third kappa shape index (κ3) is 8.99. The fourth-order valence-electron chi connectivity index (χ4n) is 3.13. The summed E-state index contributed by atoms with van der Waals surface area (Å²) in [5, 5.41) is 8.92. The lowest BCUT2D eigenvalue weighted by atomic mass is 10.1. The number of carbonyl (C=O) groups is 1. The fourth-order valence-corrected chi connectivity index (χ4v) is 3.13. The summed E-state index contributed by atoms with van der Waals surface area (Å²) >= 11 is 0. The van der Waals surface area contributed by atoms with Crippen molar-refractivity contribution in [2.24, 2.45) is 0 Å². The van der Waals surface area contributed by atoms with E-state index in [-0.39, 0.29) is 12.1 Å². The van der Waals surface area contributed by atoms with Gasteiger partial charge in [0.25, 0.3) is 0 Å². The van der Waals surface area contributed by atoms with Crippen LogP contribution < -0.4 is 4.74 Å². The summed E-state index contributed by atoms with van der Waals surface area (Å²) in [6.07, 6.45) is 1.55. The topological polar surface area (TPSA) is 53.0 Å². The first-order valence-corrected chi connectivity index (χ1v) is 11.3. The molecule has 1 atom stereocenters. The molecule has 1 N–H and O–H groups in total. The minimum Gasteiger partial charge on any atom is -0.508 e. The number of rotatable bonds is 7. The van der Waals surface area contributed by atoms with Gasteiger partial charge in [-0.25, -0.2) is 4.79 Å². The maximum atomic E-state index is 12.3. The van der Waals surface area contributed by atoms with E-state index in [0.29, 0.717) is 18.0 Å². The van der Waals surface area contributed by atoms with Crippen molar-refractivity contribution in [2.75, 3.05) is 27.7 Å². The highest BCUT2D eigenvalue weighted by Crippen LogP contribution is 2.22. The molecule has 0 bridgehead atoms. The Bertz CT molecular complexity index is 968. The molecule has 0 aliphatic carbocycles. The lowest BCUT2D eigenvalue weighted by molar-refractivity contribution is 0.162. The smallest absolute Gasteiger partial charge is 0.414 e. The zero-order valence-electron chi connectivity index (χ0n) is 20.4. The number of aromatic hydroxyl groups is 1. The fraction of sp³-hybridized carbons (Fsp3) is 0.321. The summed E-state index contributed by atoms with van der Waals surface area (Å²) in [4.78, 5) is 16.0. The molecule has 0 radical (unpaired) electrons. The van der Waals surface area contributed by atoms with E-state index in [1.165, 1.54) is 5.56 Å². The van der Waals surface area contributed by atoms with Crippen molar-refractivity contribution in [3.63, 3.8) is 0 Å². The molecule has 0 saturated carbocycles. The van der Waals surface area contributed by atoms with Gasteiger partial charge >= 0.3 is 6.09 Å². The molecule has 5 nitrogen and oxygen atoms in total. The molecular formula is C28H36N2O3. The molecular weight excluding hydrogens is 412 g/mol. The SMILES string of the molecule is C[C@@H](c1cccc(OC(=O)N(C)CCCc2ccccc2)c1)N(C)C.Cc1ccccc1O. The zero-order valence-corrected chi connectivity index (χ0v) is 20.4. The molecule has 0 spiro atoms. The minimum atomic E-state index is -0.317. The lowest BCUT2D eigenvalue weighted by Crippen LogP contribution is -2.30. The molecule has 5 heteroatoms. The Kier molecular flexibility index (Phi) is 10.4. The van der Waals surface area contributed by atoms with Crippen molar-refractivity contribution < 1.29 is 14.6 Å². The predicted molar refractivity (Wildman–Crippen MR) is 135 cm³/mol. The summed E-state index contributed by atoms with van der Waals surface area (Å²) < 4.78 is 5.52. The Labute approximate surface area is 198 Å². The van der Waals surface area contributed by atoms with Crippen LogP contribution in [-0.2, 0) is 6.42 Å². The number of hydrogen-bond donors (Lipinski definition) is 1. The van der Waals surface area contributed by atoms with E-state index in [4.69, 9.17) is 9.84 Å². The Morgan fingerprint density at radius 2 is 1.61 bits per heavy atom. The number of phenolic OH excluding ortho intramolecular Hbond substituents is 1. The molecule has 33 heavy (non-hydrogen) atoms. The van der Waals surface area contributed by atoms with E-state index in [9.17, 15) is 4.79 Å². The van der Waals surface area contributed by atoms with E-state index < -0.39 is 0 Å². The van der Waals surface area contributed by atoms with Crippen LogP contribution >= 0.6 is 0 Å². The van der Waals surface area contributed by atoms with Crippen LogP contribution in [0.1, 0.15) is 36.1 Å². The van der Waals surface area contributed by atoms with Gasteiger partial charge in [0.1, 0.15) is 11.5 Å². The number of nitrogens with zero attached hydrogens (tertiary/aromatic N) is 2. The highest BCUT2D eigenvalue weighted by molar-refractivity contribution is 5.70. The van der Waals surface area contributed by atoms with Crippen LogP contribution in [0.5, 0.6) is 11.5 Å². The van der Waals surface area contributed by atoms with Gasteiger partial charge in [-0.15, -0.1) is 0 Å². The van der Waals surface area contributed by atoms with Gasteiger partial charge in [0.05, 0.1) is 0 Å². The molecule has 0 aliphatic heterocycles. The summed E-state index contributed by atoms with van der Waals surface area (Å²) in [6, 6.07) is 25.5. The second kappa shape index (κ2) is 13.3.